The minimum Gasteiger partial charge on any atom is -0.493 e. The lowest BCUT2D eigenvalue weighted by Gasteiger charge is -2.10. The van der Waals surface area contributed by atoms with Gasteiger partial charge in [0.15, 0.2) is 11.3 Å². The molecule has 30 heavy (non-hydrogen) atoms. The van der Waals surface area contributed by atoms with Crippen molar-refractivity contribution < 1.29 is 18.7 Å². The lowest BCUT2D eigenvalue weighted by molar-refractivity contribution is -0.136. The topological polar surface area (TPSA) is 66.5 Å². The van der Waals surface area contributed by atoms with Crippen molar-refractivity contribution >= 4 is 28.6 Å². The number of hydrogen-bond donors (Lipinski definition) is 0. The first-order chi connectivity index (χ1) is 14.7. The normalized spacial score (nSPS) is 11.6. The van der Waals surface area contributed by atoms with Crippen LogP contribution in [0.15, 0.2) is 71.4 Å². The molecule has 0 spiro atoms. The summed E-state index contributed by atoms with van der Waals surface area (Å²) >= 11 is 0. The van der Waals surface area contributed by atoms with Crippen LogP contribution < -0.4 is 4.74 Å². The fraction of sp³-hybridized carbons (Fsp3) is 0.167. The van der Waals surface area contributed by atoms with E-state index < -0.39 is 5.97 Å². The van der Waals surface area contributed by atoms with Crippen molar-refractivity contribution in [3.8, 4) is 5.75 Å². The molecule has 0 radical (unpaired) electrons. The molecule has 6 heteroatoms. The van der Waals surface area contributed by atoms with E-state index in [1.54, 1.807) is 26.3 Å². The Morgan fingerprint density at radius 2 is 2.00 bits per heavy atom. The third kappa shape index (κ3) is 3.98. The van der Waals surface area contributed by atoms with Crippen LogP contribution in [0, 0.1) is 0 Å². The molecular formula is C24H22N2O4. The largest absolute Gasteiger partial charge is 0.493 e. The molecule has 6 nitrogen and oxygen atoms in total. The van der Waals surface area contributed by atoms with E-state index in [1.165, 1.54) is 0 Å². The van der Waals surface area contributed by atoms with E-state index in [9.17, 15) is 4.79 Å². The summed E-state index contributed by atoms with van der Waals surface area (Å²) in [7, 11) is 1.59. The van der Waals surface area contributed by atoms with Gasteiger partial charge >= 0.3 is 5.97 Å². The quantitative estimate of drug-likeness (QED) is 0.328. The van der Waals surface area contributed by atoms with Crippen molar-refractivity contribution in [2.45, 2.75) is 13.5 Å². The molecule has 0 aliphatic heterocycles. The fourth-order valence-corrected chi connectivity index (χ4v) is 3.32. The van der Waals surface area contributed by atoms with Gasteiger partial charge in [-0.3, -0.25) is 0 Å². The van der Waals surface area contributed by atoms with Gasteiger partial charge in [-0.1, -0.05) is 42.5 Å². The molecule has 0 bridgehead atoms. The Morgan fingerprint density at radius 1 is 1.17 bits per heavy atom. The molecule has 0 N–H and O–H groups in total. The molecule has 4 aromatic rings. The maximum atomic E-state index is 12.8. The number of aromatic nitrogens is 2. The molecular weight excluding hydrogens is 380 g/mol. The predicted molar refractivity (Wildman–Crippen MR) is 115 cm³/mol. The van der Waals surface area contributed by atoms with Gasteiger partial charge in [0.05, 0.1) is 13.7 Å². The van der Waals surface area contributed by atoms with Crippen molar-refractivity contribution in [1.29, 1.82) is 0 Å². The molecule has 0 fully saturated rings. The van der Waals surface area contributed by atoms with Crippen molar-refractivity contribution in [2.75, 3.05) is 13.7 Å². The van der Waals surface area contributed by atoms with Gasteiger partial charge in [-0.15, -0.1) is 0 Å². The second kappa shape index (κ2) is 8.69. The van der Waals surface area contributed by atoms with Gasteiger partial charge in [0.2, 0.25) is 0 Å². The summed E-state index contributed by atoms with van der Waals surface area (Å²) < 4.78 is 18.5. The van der Waals surface area contributed by atoms with Crippen LogP contribution >= 0.6 is 0 Å². The van der Waals surface area contributed by atoms with Gasteiger partial charge in [0, 0.05) is 24.3 Å². The van der Waals surface area contributed by atoms with E-state index in [2.05, 4.69) is 4.98 Å². The minimum absolute atomic E-state index is 0.267. The van der Waals surface area contributed by atoms with Crippen molar-refractivity contribution in [3.05, 3.63) is 84.1 Å². The maximum absolute atomic E-state index is 12.8. The second-order valence-electron chi connectivity index (χ2n) is 6.67. The first-order valence-electron chi connectivity index (χ1n) is 9.70. The fourth-order valence-electron chi connectivity index (χ4n) is 3.32. The number of carbonyl (C=O) groups is 1. The van der Waals surface area contributed by atoms with E-state index >= 15 is 0 Å². The van der Waals surface area contributed by atoms with Gasteiger partial charge in [-0.2, -0.15) is 0 Å². The number of carbonyl (C=O) groups excluding carboxylic acids is 1. The average Bonchev–Trinajstić information content (AvgIpc) is 3.39. The first-order valence-corrected chi connectivity index (χ1v) is 9.70. The van der Waals surface area contributed by atoms with Crippen LogP contribution in [0.5, 0.6) is 5.75 Å². The van der Waals surface area contributed by atoms with Gasteiger partial charge < -0.3 is 18.5 Å². The zero-order chi connectivity index (χ0) is 20.9. The summed E-state index contributed by atoms with van der Waals surface area (Å²) in [6, 6.07) is 17.5. The van der Waals surface area contributed by atoms with Crippen molar-refractivity contribution in [3.63, 3.8) is 0 Å². The van der Waals surface area contributed by atoms with Gasteiger partial charge in [0.1, 0.15) is 17.2 Å². The predicted octanol–water partition coefficient (Wildman–Crippen LogP) is 4.79. The van der Waals surface area contributed by atoms with Crippen LogP contribution in [0.3, 0.4) is 0 Å². The molecule has 2 aromatic heterocycles. The Hall–Kier alpha value is -3.80. The number of para-hydroxylation sites is 1. The van der Waals surface area contributed by atoms with Crippen molar-refractivity contribution in [1.82, 2.24) is 9.55 Å². The molecule has 0 saturated carbocycles. The minimum atomic E-state index is -0.453. The van der Waals surface area contributed by atoms with Crippen LogP contribution in [0.25, 0.3) is 22.6 Å². The number of furan rings is 1. The highest BCUT2D eigenvalue weighted by molar-refractivity contribution is 6.20. The highest BCUT2D eigenvalue weighted by atomic mass is 16.5. The standard InChI is InChI=1S/C24H22N2O4/c1-3-29-24(27)20(15-19-14-18-10-7-11-21(28-2)22(18)30-19)23-25-12-13-26(23)16-17-8-5-4-6-9-17/h4-15H,3,16H2,1-2H3. The lowest BCUT2D eigenvalue weighted by Crippen LogP contribution is -2.12. The molecule has 0 amide bonds. The first kappa shape index (κ1) is 19.5. The zero-order valence-corrected chi connectivity index (χ0v) is 16.9. The summed E-state index contributed by atoms with van der Waals surface area (Å²) in [4.78, 5) is 17.2. The molecule has 0 unspecified atom stereocenters. The van der Waals surface area contributed by atoms with E-state index in [-0.39, 0.29) is 6.61 Å². The summed E-state index contributed by atoms with van der Waals surface area (Å²) in [5.41, 5.74) is 2.06. The maximum Gasteiger partial charge on any atom is 0.342 e. The van der Waals surface area contributed by atoms with Gasteiger partial charge in [0.25, 0.3) is 0 Å². The average molecular weight is 402 g/mol. The number of ether oxygens (including phenoxy) is 2. The van der Waals surface area contributed by atoms with E-state index in [0.717, 1.165) is 10.9 Å². The molecule has 0 saturated heterocycles. The molecule has 152 valence electrons. The monoisotopic (exact) mass is 402 g/mol. The Kier molecular flexibility index (Phi) is 5.66. The number of benzene rings is 2. The summed E-state index contributed by atoms with van der Waals surface area (Å²) in [5.74, 6) is 1.22. The number of fused-ring (bicyclic) bond motifs is 1. The molecule has 4 rings (SSSR count). The summed E-state index contributed by atoms with van der Waals surface area (Å²) in [6.45, 7) is 2.63. The van der Waals surface area contributed by atoms with Crippen LogP contribution in [-0.2, 0) is 16.1 Å². The number of rotatable bonds is 7. The number of imidazole rings is 1. The van der Waals surface area contributed by atoms with E-state index in [4.69, 9.17) is 13.9 Å². The second-order valence-corrected chi connectivity index (χ2v) is 6.67. The molecule has 0 atom stereocenters. The van der Waals surface area contributed by atoms with E-state index in [1.807, 2.05) is 65.4 Å². The summed E-state index contributed by atoms with van der Waals surface area (Å²) in [6.07, 6.45) is 5.19. The number of nitrogens with zero attached hydrogens (tertiary/aromatic N) is 2. The van der Waals surface area contributed by atoms with Crippen LogP contribution in [0.1, 0.15) is 24.1 Å². The molecule has 2 heterocycles. The molecule has 0 aliphatic rings. The van der Waals surface area contributed by atoms with Crippen molar-refractivity contribution in [2.24, 2.45) is 0 Å². The molecule has 2 aromatic carbocycles. The number of hydrogen-bond acceptors (Lipinski definition) is 5. The van der Waals surface area contributed by atoms with Gasteiger partial charge in [-0.25, -0.2) is 9.78 Å². The SMILES string of the molecule is CCOC(=O)C(=Cc1cc2cccc(OC)c2o1)c1nccn1Cc1ccccc1. The third-order valence-electron chi connectivity index (χ3n) is 4.68. The number of methoxy groups -OCH3 is 1. The van der Waals surface area contributed by atoms with Crippen LogP contribution in [0.2, 0.25) is 0 Å². The van der Waals surface area contributed by atoms with E-state index in [0.29, 0.717) is 35.0 Å². The Balaban J connectivity index is 1.77. The highest BCUT2D eigenvalue weighted by Gasteiger charge is 2.20. The van der Waals surface area contributed by atoms with Crippen LogP contribution in [0.4, 0.5) is 0 Å². The Morgan fingerprint density at radius 3 is 2.77 bits per heavy atom. The highest BCUT2D eigenvalue weighted by Crippen LogP contribution is 2.30. The molecule has 0 aliphatic carbocycles. The van der Waals surface area contributed by atoms with Crippen LogP contribution in [-0.4, -0.2) is 29.2 Å². The zero-order valence-electron chi connectivity index (χ0n) is 16.9. The summed E-state index contributed by atoms with van der Waals surface area (Å²) in [5, 5.41) is 0.886. The van der Waals surface area contributed by atoms with Gasteiger partial charge in [-0.05, 0) is 30.7 Å². The number of esters is 1. The smallest absolute Gasteiger partial charge is 0.342 e. The third-order valence-corrected chi connectivity index (χ3v) is 4.68. The Bertz CT molecular complexity index is 1190. The Labute approximate surface area is 174 Å². The lowest BCUT2D eigenvalue weighted by atomic mass is 10.1.